The summed E-state index contributed by atoms with van der Waals surface area (Å²) in [5.74, 6) is -0.144. The number of hydrogen-bond donors (Lipinski definition) is 1. The third-order valence-electron chi connectivity index (χ3n) is 6.55. The first-order valence-electron chi connectivity index (χ1n) is 10.0. The van der Waals surface area contributed by atoms with Gasteiger partial charge in [0.2, 0.25) is 5.91 Å². The van der Waals surface area contributed by atoms with Crippen molar-refractivity contribution >= 4 is 23.4 Å². The molecule has 0 aromatic heterocycles. The van der Waals surface area contributed by atoms with Gasteiger partial charge in [-0.25, -0.2) is 0 Å². The average Bonchev–Trinajstić information content (AvgIpc) is 3.30. The highest BCUT2D eigenvalue weighted by atomic mass is 35.5. The van der Waals surface area contributed by atoms with E-state index in [2.05, 4.69) is 5.32 Å². The van der Waals surface area contributed by atoms with E-state index in [4.69, 9.17) is 16.3 Å². The van der Waals surface area contributed by atoms with E-state index in [9.17, 15) is 9.59 Å². The lowest BCUT2D eigenvalue weighted by Gasteiger charge is -2.37. The standard InChI is InChI=1S/C21H27ClN2O3/c22-18-8-4-3-7-16(18)20(26)24-13-17(19(25)23-15-5-1-2-6-15)21(14-24)9-11-27-12-10-21/h3-4,7-8,15,17H,1-2,5-6,9-14H2,(H,23,25). The average molecular weight is 391 g/mol. The van der Waals surface area contributed by atoms with E-state index >= 15 is 0 Å². The molecular formula is C21H27ClN2O3. The van der Waals surface area contributed by atoms with Crippen LogP contribution >= 0.6 is 11.6 Å². The molecule has 1 atom stereocenters. The van der Waals surface area contributed by atoms with Crippen LogP contribution in [0.1, 0.15) is 48.9 Å². The van der Waals surface area contributed by atoms with E-state index in [1.165, 1.54) is 12.8 Å². The fourth-order valence-electron chi connectivity index (χ4n) is 4.95. The highest BCUT2D eigenvalue weighted by Crippen LogP contribution is 2.45. The summed E-state index contributed by atoms with van der Waals surface area (Å²) in [4.78, 5) is 28.0. The molecular weight excluding hydrogens is 364 g/mol. The van der Waals surface area contributed by atoms with E-state index in [1.807, 2.05) is 17.0 Å². The monoisotopic (exact) mass is 390 g/mol. The van der Waals surface area contributed by atoms with Crippen LogP contribution in [0.25, 0.3) is 0 Å². The van der Waals surface area contributed by atoms with Gasteiger partial charge in [-0.1, -0.05) is 36.6 Å². The summed E-state index contributed by atoms with van der Waals surface area (Å²) in [7, 11) is 0. The molecule has 2 amide bonds. The second-order valence-corrected chi connectivity index (χ2v) is 8.59. The number of amides is 2. The molecule has 1 saturated carbocycles. The molecule has 0 bridgehead atoms. The normalized spacial score (nSPS) is 25.1. The Balaban J connectivity index is 1.55. The Morgan fingerprint density at radius 3 is 2.56 bits per heavy atom. The van der Waals surface area contributed by atoms with Gasteiger partial charge in [-0.05, 0) is 37.8 Å². The highest BCUT2D eigenvalue weighted by Gasteiger charge is 2.52. The van der Waals surface area contributed by atoms with Crippen molar-refractivity contribution in [2.45, 2.75) is 44.6 Å². The fourth-order valence-corrected chi connectivity index (χ4v) is 5.16. The molecule has 3 aliphatic rings. The molecule has 2 heterocycles. The van der Waals surface area contributed by atoms with Crippen LogP contribution in [0.2, 0.25) is 5.02 Å². The lowest BCUT2D eigenvalue weighted by molar-refractivity contribution is -0.130. The second-order valence-electron chi connectivity index (χ2n) is 8.18. The quantitative estimate of drug-likeness (QED) is 0.861. The Hall–Kier alpha value is -1.59. The summed E-state index contributed by atoms with van der Waals surface area (Å²) in [5.41, 5.74) is 0.330. The van der Waals surface area contributed by atoms with E-state index in [1.54, 1.807) is 12.1 Å². The summed E-state index contributed by atoms with van der Waals surface area (Å²) < 4.78 is 5.56. The van der Waals surface area contributed by atoms with Gasteiger partial charge in [0.05, 0.1) is 16.5 Å². The maximum atomic E-state index is 13.1. The van der Waals surface area contributed by atoms with Crippen molar-refractivity contribution in [2.75, 3.05) is 26.3 Å². The van der Waals surface area contributed by atoms with Gasteiger partial charge in [0.1, 0.15) is 0 Å². The Labute approximate surface area is 165 Å². The summed E-state index contributed by atoms with van der Waals surface area (Å²) in [6.07, 6.45) is 6.15. The first-order chi connectivity index (χ1) is 13.1. The number of carbonyl (C=O) groups excluding carboxylic acids is 2. The van der Waals surface area contributed by atoms with Gasteiger partial charge in [-0.3, -0.25) is 9.59 Å². The molecule has 1 aromatic rings. The van der Waals surface area contributed by atoms with Gasteiger partial charge in [0.15, 0.2) is 0 Å². The van der Waals surface area contributed by atoms with Crippen molar-refractivity contribution < 1.29 is 14.3 Å². The van der Waals surface area contributed by atoms with Crippen LogP contribution in [0.15, 0.2) is 24.3 Å². The lowest BCUT2D eigenvalue weighted by Crippen LogP contribution is -2.46. The van der Waals surface area contributed by atoms with Gasteiger partial charge in [-0.15, -0.1) is 0 Å². The molecule has 6 heteroatoms. The van der Waals surface area contributed by atoms with Crippen LogP contribution in [-0.2, 0) is 9.53 Å². The van der Waals surface area contributed by atoms with Crippen molar-refractivity contribution in [3.63, 3.8) is 0 Å². The van der Waals surface area contributed by atoms with Crippen LogP contribution < -0.4 is 5.32 Å². The number of halogens is 1. The van der Waals surface area contributed by atoms with E-state index in [0.717, 1.165) is 25.7 Å². The van der Waals surface area contributed by atoms with E-state index in [0.29, 0.717) is 42.9 Å². The Kier molecular flexibility index (Phi) is 5.42. The lowest BCUT2D eigenvalue weighted by atomic mass is 9.71. The van der Waals surface area contributed by atoms with Crippen molar-refractivity contribution in [2.24, 2.45) is 11.3 Å². The van der Waals surface area contributed by atoms with Crippen LogP contribution in [0.5, 0.6) is 0 Å². The maximum Gasteiger partial charge on any atom is 0.255 e. The number of carbonyl (C=O) groups is 2. The molecule has 0 radical (unpaired) electrons. The molecule has 1 spiro atoms. The summed E-state index contributed by atoms with van der Waals surface area (Å²) in [5, 5.41) is 3.72. The van der Waals surface area contributed by atoms with Gasteiger partial charge in [-0.2, -0.15) is 0 Å². The number of nitrogens with zero attached hydrogens (tertiary/aromatic N) is 1. The van der Waals surface area contributed by atoms with Gasteiger partial charge < -0.3 is 15.0 Å². The molecule has 5 nitrogen and oxygen atoms in total. The Bertz CT molecular complexity index is 711. The van der Waals surface area contributed by atoms with Crippen molar-refractivity contribution in [3.05, 3.63) is 34.9 Å². The minimum atomic E-state index is -0.183. The van der Waals surface area contributed by atoms with Crippen molar-refractivity contribution in [1.29, 1.82) is 0 Å². The molecule has 4 rings (SSSR count). The van der Waals surface area contributed by atoms with Gasteiger partial charge in [0, 0.05) is 37.8 Å². The second kappa shape index (κ2) is 7.80. The number of benzene rings is 1. The number of likely N-dealkylation sites (tertiary alicyclic amines) is 1. The predicted octanol–water partition coefficient (Wildman–Crippen LogP) is 3.27. The van der Waals surface area contributed by atoms with Crippen molar-refractivity contribution in [1.82, 2.24) is 10.2 Å². The number of hydrogen-bond acceptors (Lipinski definition) is 3. The fraction of sp³-hybridized carbons (Fsp3) is 0.619. The zero-order valence-electron chi connectivity index (χ0n) is 15.6. The molecule has 2 aliphatic heterocycles. The Morgan fingerprint density at radius 1 is 1.15 bits per heavy atom. The van der Waals surface area contributed by atoms with Crippen molar-refractivity contribution in [3.8, 4) is 0 Å². The summed E-state index contributed by atoms with van der Waals surface area (Å²) >= 11 is 6.24. The molecule has 1 aromatic carbocycles. The number of nitrogens with one attached hydrogen (secondary N) is 1. The molecule has 27 heavy (non-hydrogen) atoms. The third kappa shape index (κ3) is 3.72. The number of rotatable bonds is 3. The molecule has 1 unspecified atom stereocenters. The minimum absolute atomic E-state index is 0.0809. The summed E-state index contributed by atoms with van der Waals surface area (Å²) in [6, 6.07) is 7.43. The van der Waals surface area contributed by atoms with Gasteiger partial charge in [0.25, 0.3) is 5.91 Å². The third-order valence-corrected chi connectivity index (χ3v) is 6.88. The largest absolute Gasteiger partial charge is 0.381 e. The minimum Gasteiger partial charge on any atom is -0.381 e. The first kappa shape index (κ1) is 18.8. The molecule has 3 fully saturated rings. The van der Waals surface area contributed by atoms with Crippen LogP contribution in [-0.4, -0.2) is 49.1 Å². The zero-order chi connectivity index (χ0) is 18.9. The summed E-state index contributed by atoms with van der Waals surface area (Å²) in [6.45, 7) is 2.37. The van der Waals surface area contributed by atoms with E-state index < -0.39 is 0 Å². The van der Waals surface area contributed by atoms with Crippen LogP contribution in [0.3, 0.4) is 0 Å². The predicted molar refractivity (Wildman–Crippen MR) is 104 cm³/mol. The smallest absolute Gasteiger partial charge is 0.255 e. The SMILES string of the molecule is O=C(NC1CCCC1)C1CN(C(=O)c2ccccc2Cl)CC12CCOCC2. The molecule has 1 aliphatic carbocycles. The van der Waals surface area contributed by atoms with Crippen LogP contribution in [0.4, 0.5) is 0 Å². The molecule has 2 saturated heterocycles. The van der Waals surface area contributed by atoms with Gasteiger partial charge >= 0.3 is 0 Å². The first-order valence-corrected chi connectivity index (χ1v) is 10.4. The highest BCUT2D eigenvalue weighted by molar-refractivity contribution is 6.33. The van der Waals surface area contributed by atoms with E-state index in [-0.39, 0.29) is 23.1 Å². The topological polar surface area (TPSA) is 58.6 Å². The van der Waals surface area contributed by atoms with Crippen LogP contribution in [0, 0.1) is 11.3 Å². The zero-order valence-corrected chi connectivity index (χ0v) is 16.3. The maximum absolute atomic E-state index is 13.1. The Morgan fingerprint density at radius 2 is 1.85 bits per heavy atom. The molecule has 1 N–H and O–H groups in total. The molecule has 146 valence electrons. The number of ether oxygens (including phenoxy) is 1.